The van der Waals surface area contributed by atoms with E-state index in [1.807, 2.05) is 27.7 Å². The second-order valence-corrected chi connectivity index (χ2v) is 11.0. The van der Waals surface area contributed by atoms with Crippen LogP contribution in [0.1, 0.15) is 83.0 Å². The SMILES string of the molecule is C[C@@H](N[S@](=O)C(C)(C)C)c1cc(F)cc2c(=O)n(C3CC3)c([C@H]3CCCO3)nc12. The van der Waals surface area contributed by atoms with Crippen molar-refractivity contribution in [3.05, 3.63) is 39.7 Å². The number of halogens is 1. The molecule has 1 saturated heterocycles. The molecule has 2 fully saturated rings. The van der Waals surface area contributed by atoms with Crippen LogP contribution in [0, 0.1) is 5.82 Å². The van der Waals surface area contributed by atoms with Crippen LogP contribution in [0.4, 0.5) is 4.39 Å². The Labute approximate surface area is 172 Å². The molecule has 8 heteroatoms. The van der Waals surface area contributed by atoms with Gasteiger partial charge in [-0.3, -0.25) is 9.36 Å². The van der Waals surface area contributed by atoms with Gasteiger partial charge in [-0.15, -0.1) is 0 Å². The van der Waals surface area contributed by atoms with E-state index in [1.54, 1.807) is 4.57 Å². The van der Waals surface area contributed by atoms with Crippen LogP contribution in [0.25, 0.3) is 10.9 Å². The maximum Gasteiger partial charge on any atom is 0.261 e. The van der Waals surface area contributed by atoms with Crippen molar-refractivity contribution in [3.63, 3.8) is 0 Å². The third-order valence-electron chi connectivity index (χ3n) is 5.46. The maximum absolute atomic E-state index is 14.5. The summed E-state index contributed by atoms with van der Waals surface area (Å²) in [5.74, 6) is 0.147. The molecule has 0 amide bonds. The third kappa shape index (κ3) is 4.02. The van der Waals surface area contributed by atoms with Gasteiger partial charge in [-0.2, -0.15) is 0 Å². The van der Waals surface area contributed by atoms with Crippen LogP contribution in [0.15, 0.2) is 16.9 Å². The van der Waals surface area contributed by atoms with E-state index in [9.17, 15) is 13.4 Å². The molecule has 0 unspecified atom stereocenters. The number of nitrogens with one attached hydrogen (secondary N) is 1. The Morgan fingerprint density at radius 3 is 2.62 bits per heavy atom. The van der Waals surface area contributed by atoms with Gasteiger partial charge in [0.05, 0.1) is 26.6 Å². The molecule has 2 heterocycles. The lowest BCUT2D eigenvalue weighted by Gasteiger charge is -2.23. The number of benzene rings is 1. The summed E-state index contributed by atoms with van der Waals surface area (Å²) >= 11 is 0. The van der Waals surface area contributed by atoms with Crippen LogP contribution in [0.5, 0.6) is 0 Å². The fourth-order valence-corrected chi connectivity index (χ4v) is 4.54. The van der Waals surface area contributed by atoms with Gasteiger partial charge in [0.1, 0.15) is 17.7 Å². The average molecular weight is 422 g/mol. The minimum atomic E-state index is -1.34. The summed E-state index contributed by atoms with van der Waals surface area (Å²) in [4.78, 5) is 18.2. The molecule has 0 spiro atoms. The monoisotopic (exact) mass is 421 g/mol. The van der Waals surface area contributed by atoms with Crippen LogP contribution in [0.2, 0.25) is 0 Å². The van der Waals surface area contributed by atoms with Crippen molar-refractivity contribution in [1.82, 2.24) is 14.3 Å². The first-order valence-corrected chi connectivity index (χ1v) is 11.4. The first-order chi connectivity index (χ1) is 13.7. The van der Waals surface area contributed by atoms with Crippen LogP contribution in [-0.2, 0) is 15.7 Å². The van der Waals surface area contributed by atoms with Crippen molar-refractivity contribution < 1.29 is 13.3 Å². The lowest BCUT2D eigenvalue weighted by atomic mass is 10.0. The Balaban J connectivity index is 1.87. The van der Waals surface area contributed by atoms with Gasteiger partial charge >= 0.3 is 0 Å². The number of ether oxygens (including phenoxy) is 1. The molecule has 6 nitrogen and oxygen atoms in total. The van der Waals surface area contributed by atoms with Gasteiger partial charge in [0.25, 0.3) is 5.56 Å². The molecule has 1 aromatic heterocycles. The van der Waals surface area contributed by atoms with Crippen molar-refractivity contribution in [2.45, 2.75) is 76.3 Å². The van der Waals surface area contributed by atoms with Gasteiger partial charge in [0.2, 0.25) is 0 Å². The zero-order chi connectivity index (χ0) is 20.9. The van der Waals surface area contributed by atoms with E-state index in [2.05, 4.69) is 4.72 Å². The van der Waals surface area contributed by atoms with E-state index in [0.29, 0.717) is 23.5 Å². The lowest BCUT2D eigenvalue weighted by Crippen LogP contribution is -2.35. The first-order valence-electron chi connectivity index (χ1n) is 10.2. The van der Waals surface area contributed by atoms with Gasteiger partial charge in [-0.1, -0.05) is 0 Å². The maximum atomic E-state index is 14.5. The molecule has 158 valence electrons. The Bertz CT molecular complexity index is 1020. The topological polar surface area (TPSA) is 73.2 Å². The van der Waals surface area contributed by atoms with Crippen LogP contribution < -0.4 is 10.3 Å². The van der Waals surface area contributed by atoms with Crippen molar-refractivity contribution in [3.8, 4) is 0 Å². The molecular weight excluding hydrogens is 393 g/mol. The predicted octanol–water partition coefficient (Wildman–Crippen LogP) is 3.83. The van der Waals surface area contributed by atoms with Gasteiger partial charge in [0.15, 0.2) is 0 Å². The van der Waals surface area contributed by atoms with Crippen molar-refractivity contribution in [2.24, 2.45) is 0 Å². The molecule has 0 radical (unpaired) electrons. The average Bonchev–Trinajstić information content (AvgIpc) is 3.33. The second kappa shape index (κ2) is 7.56. The highest BCUT2D eigenvalue weighted by molar-refractivity contribution is 7.84. The standard InChI is InChI=1S/C21H28FN3O3S/c1-12(24-29(27)21(2,3)4)15-10-13(22)11-16-18(15)23-19(17-6-5-9-28-17)25(20(16)26)14-7-8-14/h10-12,14,17,24H,5-9H2,1-4H3/t12-,17-,29-/m1/s1. The second-order valence-electron chi connectivity index (χ2n) is 8.99. The van der Waals surface area contributed by atoms with Crippen molar-refractivity contribution in [2.75, 3.05) is 6.61 Å². The molecule has 3 atom stereocenters. The molecule has 2 aliphatic rings. The zero-order valence-electron chi connectivity index (χ0n) is 17.3. The van der Waals surface area contributed by atoms with Crippen LogP contribution >= 0.6 is 0 Å². The molecular formula is C21H28FN3O3S. The molecule has 1 N–H and O–H groups in total. The van der Waals surface area contributed by atoms with Crippen molar-refractivity contribution in [1.29, 1.82) is 0 Å². The quantitative estimate of drug-likeness (QED) is 0.796. The largest absolute Gasteiger partial charge is 0.370 e. The Morgan fingerprint density at radius 1 is 1.31 bits per heavy atom. The normalized spacial score (nSPS) is 22.2. The highest BCUT2D eigenvalue weighted by Crippen LogP contribution is 2.39. The fourth-order valence-electron chi connectivity index (χ4n) is 3.74. The number of hydrogen-bond acceptors (Lipinski definition) is 4. The molecule has 2 aromatic rings. The van der Waals surface area contributed by atoms with Gasteiger partial charge in [-0.05, 0) is 71.1 Å². The van der Waals surface area contributed by atoms with Crippen molar-refractivity contribution >= 4 is 21.9 Å². The smallest absolute Gasteiger partial charge is 0.261 e. The van der Waals surface area contributed by atoms with E-state index in [0.717, 1.165) is 25.7 Å². The molecule has 1 aromatic carbocycles. The predicted molar refractivity (Wildman–Crippen MR) is 112 cm³/mol. The summed E-state index contributed by atoms with van der Waals surface area (Å²) in [6, 6.07) is 2.33. The lowest BCUT2D eigenvalue weighted by molar-refractivity contribution is 0.101. The Morgan fingerprint density at radius 2 is 2.03 bits per heavy atom. The third-order valence-corrected chi connectivity index (χ3v) is 7.14. The number of aromatic nitrogens is 2. The zero-order valence-corrected chi connectivity index (χ0v) is 18.1. The first kappa shape index (κ1) is 20.6. The Hall–Kier alpha value is -1.64. The van der Waals surface area contributed by atoms with E-state index >= 15 is 0 Å². The van der Waals surface area contributed by atoms with E-state index in [-0.39, 0.29) is 23.1 Å². The summed E-state index contributed by atoms with van der Waals surface area (Å²) in [5.41, 5.74) is 0.787. The minimum absolute atomic E-state index is 0.120. The van der Waals surface area contributed by atoms with E-state index < -0.39 is 27.6 Å². The van der Waals surface area contributed by atoms with Gasteiger partial charge in [-0.25, -0.2) is 18.3 Å². The molecule has 1 saturated carbocycles. The Kier molecular flexibility index (Phi) is 5.38. The van der Waals surface area contributed by atoms with E-state index in [4.69, 9.17) is 9.72 Å². The van der Waals surface area contributed by atoms with Crippen LogP contribution in [0.3, 0.4) is 0 Å². The number of hydrogen-bond donors (Lipinski definition) is 1. The molecule has 4 rings (SSSR count). The summed E-state index contributed by atoms with van der Waals surface area (Å²) in [5, 5.41) is 0.267. The molecule has 1 aliphatic heterocycles. The highest BCUT2D eigenvalue weighted by atomic mass is 32.2. The number of fused-ring (bicyclic) bond motifs is 1. The number of nitrogens with zero attached hydrogens (tertiary/aromatic N) is 2. The summed E-state index contributed by atoms with van der Waals surface area (Å²) < 4.78 is 37.1. The molecule has 1 aliphatic carbocycles. The number of rotatable bonds is 5. The highest BCUT2D eigenvalue weighted by Gasteiger charge is 2.33. The summed E-state index contributed by atoms with van der Waals surface area (Å²) in [6.45, 7) is 8.08. The van der Waals surface area contributed by atoms with Gasteiger partial charge < -0.3 is 4.74 Å². The molecule has 0 bridgehead atoms. The molecule has 29 heavy (non-hydrogen) atoms. The summed E-state index contributed by atoms with van der Waals surface area (Å²) in [7, 11) is -1.34. The minimum Gasteiger partial charge on any atom is -0.370 e. The van der Waals surface area contributed by atoms with Crippen LogP contribution in [-0.4, -0.2) is 25.1 Å². The summed E-state index contributed by atoms with van der Waals surface area (Å²) in [6.07, 6.45) is 3.40. The fraction of sp³-hybridized carbons (Fsp3) is 0.619. The van der Waals surface area contributed by atoms with E-state index in [1.165, 1.54) is 12.1 Å². The van der Waals surface area contributed by atoms with Gasteiger partial charge in [0, 0.05) is 18.7 Å².